The molecule has 0 spiro atoms. The fourth-order valence-electron chi connectivity index (χ4n) is 2.94. The Morgan fingerprint density at radius 1 is 1.24 bits per heavy atom. The fourth-order valence-corrected chi connectivity index (χ4v) is 4.01. The molecular formula is C16H22O8S. The maximum Gasteiger partial charge on any atom is 0.297 e. The van der Waals surface area contributed by atoms with E-state index in [-0.39, 0.29) is 4.90 Å². The van der Waals surface area contributed by atoms with Crippen molar-refractivity contribution in [3.05, 3.63) is 29.8 Å². The molecule has 0 unspecified atom stereocenters. The lowest BCUT2D eigenvalue weighted by atomic mass is 10.1. The molecule has 3 rings (SSSR count). The highest BCUT2D eigenvalue weighted by atomic mass is 32.2. The van der Waals surface area contributed by atoms with Crippen molar-refractivity contribution in [2.75, 3.05) is 6.61 Å². The third-order valence-electron chi connectivity index (χ3n) is 4.16. The first-order valence-electron chi connectivity index (χ1n) is 7.93. The standard InChI is InChI=1S/C16H22O8S/c1-9-4-6-10(7-5-9)25(19,20)24-11(8-17)13-12(18)14-15(21-13)23-16(2,3)22-14/h4-7,11-15,17-18H,8H2,1-3H3/t11-,12-,13+,14+,15-/m1/s1. The second-order valence-corrected chi connectivity index (χ2v) is 8.22. The normalized spacial score (nSPS) is 32.5. The molecule has 2 N–H and O–H groups in total. The van der Waals surface area contributed by atoms with E-state index in [1.165, 1.54) is 12.1 Å². The van der Waals surface area contributed by atoms with Gasteiger partial charge >= 0.3 is 0 Å². The van der Waals surface area contributed by atoms with Gasteiger partial charge in [0, 0.05) is 0 Å². The van der Waals surface area contributed by atoms with Gasteiger partial charge in [-0.25, -0.2) is 0 Å². The summed E-state index contributed by atoms with van der Waals surface area (Å²) in [5.74, 6) is -0.912. The second kappa shape index (κ2) is 6.58. The number of fused-ring (bicyclic) bond motifs is 1. The summed E-state index contributed by atoms with van der Waals surface area (Å²) in [6.07, 6.45) is -5.22. The largest absolute Gasteiger partial charge is 0.394 e. The van der Waals surface area contributed by atoms with Crippen molar-refractivity contribution in [1.29, 1.82) is 0 Å². The molecule has 2 aliphatic heterocycles. The van der Waals surface area contributed by atoms with Crippen molar-refractivity contribution in [2.24, 2.45) is 0 Å². The highest BCUT2D eigenvalue weighted by Crippen LogP contribution is 2.39. The van der Waals surface area contributed by atoms with Gasteiger partial charge in [0.05, 0.1) is 11.5 Å². The Kier molecular flexibility index (Phi) is 4.93. The van der Waals surface area contributed by atoms with Gasteiger partial charge in [0.1, 0.15) is 24.4 Å². The van der Waals surface area contributed by atoms with Crippen LogP contribution in [0, 0.1) is 6.92 Å². The Labute approximate surface area is 146 Å². The minimum Gasteiger partial charge on any atom is -0.394 e. The monoisotopic (exact) mass is 374 g/mol. The number of hydrogen-bond acceptors (Lipinski definition) is 8. The molecule has 0 bridgehead atoms. The molecule has 1 aromatic carbocycles. The van der Waals surface area contributed by atoms with Gasteiger partial charge in [-0.2, -0.15) is 8.42 Å². The topological polar surface area (TPSA) is 112 Å². The number of aliphatic hydroxyl groups is 2. The van der Waals surface area contributed by atoms with Crippen LogP contribution in [0.4, 0.5) is 0 Å². The van der Waals surface area contributed by atoms with E-state index in [1.807, 2.05) is 6.92 Å². The zero-order valence-electron chi connectivity index (χ0n) is 14.2. The van der Waals surface area contributed by atoms with Crippen LogP contribution in [0.2, 0.25) is 0 Å². The molecule has 0 aromatic heterocycles. The lowest BCUT2D eigenvalue weighted by Gasteiger charge is -2.27. The van der Waals surface area contributed by atoms with Crippen LogP contribution in [0.3, 0.4) is 0 Å². The maximum absolute atomic E-state index is 12.4. The first kappa shape index (κ1) is 18.7. The summed E-state index contributed by atoms with van der Waals surface area (Å²) in [4.78, 5) is -0.0436. The molecular weight excluding hydrogens is 352 g/mol. The zero-order valence-corrected chi connectivity index (χ0v) is 15.0. The Bertz CT molecular complexity index is 714. The molecule has 9 heteroatoms. The molecule has 0 amide bonds. The first-order valence-corrected chi connectivity index (χ1v) is 9.34. The van der Waals surface area contributed by atoms with Crippen LogP contribution < -0.4 is 0 Å². The summed E-state index contributed by atoms with van der Waals surface area (Å²) in [7, 11) is -4.13. The van der Waals surface area contributed by atoms with Crippen molar-refractivity contribution in [2.45, 2.75) is 62.2 Å². The van der Waals surface area contributed by atoms with Crippen LogP contribution in [-0.4, -0.2) is 61.7 Å². The minimum absolute atomic E-state index is 0.0436. The van der Waals surface area contributed by atoms with E-state index < -0.39 is 53.2 Å². The van der Waals surface area contributed by atoms with E-state index in [4.69, 9.17) is 18.4 Å². The van der Waals surface area contributed by atoms with E-state index in [0.717, 1.165) is 5.56 Å². The Morgan fingerprint density at radius 3 is 2.44 bits per heavy atom. The summed E-state index contributed by atoms with van der Waals surface area (Å²) >= 11 is 0. The second-order valence-electron chi connectivity index (χ2n) is 6.64. The average molecular weight is 374 g/mol. The van der Waals surface area contributed by atoms with Gasteiger partial charge in [0.15, 0.2) is 12.1 Å². The average Bonchev–Trinajstić information content (AvgIpc) is 2.99. The minimum atomic E-state index is -4.13. The highest BCUT2D eigenvalue weighted by Gasteiger charge is 2.56. The van der Waals surface area contributed by atoms with Crippen LogP contribution in [0.5, 0.6) is 0 Å². The van der Waals surface area contributed by atoms with Crippen molar-refractivity contribution < 1.29 is 37.0 Å². The number of aryl methyl sites for hydroxylation is 1. The van der Waals surface area contributed by atoms with Gasteiger partial charge < -0.3 is 24.4 Å². The Balaban J connectivity index is 1.74. The van der Waals surface area contributed by atoms with Gasteiger partial charge in [0.2, 0.25) is 0 Å². The number of aliphatic hydroxyl groups excluding tert-OH is 2. The SMILES string of the molecule is Cc1ccc(S(=O)(=O)O[C@H](CO)[C@@H]2O[C@@H]3OC(C)(C)O[C@H]3[C@@H]2O)cc1. The molecule has 5 atom stereocenters. The van der Waals surface area contributed by atoms with Crippen LogP contribution in [0.15, 0.2) is 29.2 Å². The number of rotatable bonds is 5. The summed E-state index contributed by atoms with van der Waals surface area (Å²) in [5, 5.41) is 19.9. The predicted molar refractivity (Wildman–Crippen MR) is 85.0 cm³/mol. The number of benzene rings is 1. The molecule has 25 heavy (non-hydrogen) atoms. The van der Waals surface area contributed by atoms with E-state index in [0.29, 0.717) is 0 Å². The predicted octanol–water partition coefficient (Wildman–Crippen LogP) is 0.299. The fraction of sp³-hybridized carbons (Fsp3) is 0.625. The third-order valence-corrected chi connectivity index (χ3v) is 5.51. The summed E-state index contributed by atoms with van der Waals surface area (Å²) < 4.78 is 46.5. The quantitative estimate of drug-likeness (QED) is 0.708. The lowest BCUT2D eigenvalue weighted by Crippen LogP contribution is -2.44. The van der Waals surface area contributed by atoms with Gasteiger partial charge in [-0.05, 0) is 32.9 Å². The Hall–Kier alpha value is -1.07. The van der Waals surface area contributed by atoms with E-state index in [2.05, 4.69) is 0 Å². The molecule has 2 heterocycles. The van der Waals surface area contributed by atoms with Crippen LogP contribution in [-0.2, 0) is 28.5 Å². The van der Waals surface area contributed by atoms with Crippen LogP contribution in [0.1, 0.15) is 19.4 Å². The summed E-state index contributed by atoms with van der Waals surface area (Å²) in [6, 6.07) is 6.10. The van der Waals surface area contributed by atoms with Crippen LogP contribution >= 0.6 is 0 Å². The summed E-state index contributed by atoms with van der Waals surface area (Å²) in [5.41, 5.74) is 0.900. The molecule has 0 saturated carbocycles. The molecule has 2 aliphatic rings. The highest BCUT2D eigenvalue weighted by molar-refractivity contribution is 7.86. The summed E-state index contributed by atoms with van der Waals surface area (Å²) in [6.45, 7) is 4.53. The molecule has 2 fully saturated rings. The van der Waals surface area contributed by atoms with Gasteiger partial charge in [0.25, 0.3) is 10.1 Å². The Morgan fingerprint density at radius 2 is 1.88 bits per heavy atom. The molecule has 0 aliphatic carbocycles. The smallest absolute Gasteiger partial charge is 0.297 e. The van der Waals surface area contributed by atoms with Gasteiger partial charge in [-0.15, -0.1) is 0 Å². The van der Waals surface area contributed by atoms with Crippen molar-refractivity contribution in [3.8, 4) is 0 Å². The van der Waals surface area contributed by atoms with Crippen molar-refractivity contribution >= 4 is 10.1 Å². The van der Waals surface area contributed by atoms with Gasteiger partial charge in [-0.1, -0.05) is 17.7 Å². The molecule has 8 nitrogen and oxygen atoms in total. The number of hydrogen-bond donors (Lipinski definition) is 2. The molecule has 1 aromatic rings. The van der Waals surface area contributed by atoms with E-state index in [1.54, 1.807) is 26.0 Å². The molecule has 2 saturated heterocycles. The first-order chi connectivity index (χ1) is 11.6. The zero-order chi connectivity index (χ0) is 18.4. The molecule has 0 radical (unpaired) electrons. The van der Waals surface area contributed by atoms with Crippen molar-refractivity contribution in [1.82, 2.24) is 0 Å². The maximum atomic E-state index is 12.4. The third kappa shape index (κ3) is 3.72. The van der Waals surface area contributed by atoms with Crippen LogP contribution in [0.25, 0.3) is 0 Å². The van der Waals surface area contributed by atoms with Crippen molar-refractivity contribution in [3.63, 3.8) is 0 Å². The van der Waals surface area contributed by atoms with E-state index >= 15 is 0 Å². The lowest BCUT2D eigenvalue weighted by molar-refractivity contribution is -0.225. The van der Waals surface area contributed by atoms with Gasteiger partial charge in [-0.3, -0.25) is 4.18 Å². The molecule has 140 valence electrons. The number of ether oxygens (including phenoxy) is 3. The van der Waals surface area contributed by atoms with E-state index in [9.17, 15) is 18.6 Å².